The van der Waals surface area contributed by atoms with Gasteiger partial charge in [0.1, 0.15) is 13.2 Å². The summed E-state index contributed by atoms with van der Waals surface area (Å²) >= 11 is 0. The van der Waals surface area contributed by atoms with E-state index in [1.54, 1.807) is 0 Å². The molecule has 0 amide bonds. The molecule has 0 saturated carbocycles. The molecule has 0 aromatic rings. The predicted molar refractivity (Wildman–Crippen MR) is 283 cm³/mol. The highest BCUT2D eigenvalue weighted by Gasteiger charge is 2.19. The van der Waals surface area contributed by atoms with Gasteiger partial charge < -0.3 is 14.2 Å². The molecule has 66 heavy (non-hydrogen) atoms. The monoisotopic (exact) mass is 915 g/mol. The fraction of sp³-hybridized carbons (Fsp3) is 0.650. The number of allylic oxidation sites excluding steroid dienone is 18. The van der Waals surface area contributed by atoms with E-state index < -0.39 is 6.10 Å². The lowest BCUT2D eigenvalue weighted by atomic mass is 10.1. The van der Waals surface area contributed by atoms with E-state index >= 15 is 0 Å². The number of rotatable bonds is 47. The lowest BCUT2D eigenvalue weighted by Crippen LogP contribution is -2.30. The normalized spacial score (nSPS) is 13.0. The molecule has 0 spiro atoms. The van der Waals surface area contributed by atoms with Crippen LogP contribution in [0.1, 0.15) is 233 Å². The van der Waals surface area contributed by atoms with Gasteiger partial charge >= 0.3 is 17.9 Å². The fourth-order valence-corrected chi connectivity index (χ4v) is 7.01. The summed E-state index contributed by atoms with van der Waals surface area (Å²) in [5.41, 5.74) is 0. The van der Waals surface area contributed by atoms with Crippen molar-refractivity contribution in [3.8, 4) is 0 Å². The summed E-state index contributed by atoms with van der Waals surface area (Å²) in [5.74, 6) is -0.973. The third-order valence-corrected chi connectivity index (χ3v) is 11.0. The molecule has 0 aliphatic heterocycles. The molecule has 0 rings (SSSR count). The minimum atomic E-state index is -0.809. The summed E-state index contributed by atoms with van der Waals surface area (Å²) < 4.78 is 16.8. The van der Waals surface area contributed by atoms with Gasteiger partial charge in [-0.3, -0.25) is 14.4 Å². The fourth-order valence-electron chi connectivity index (χ4n) is 7.01. The predicted octanol–water partition coefficient (Wildman–Crippen LogP) is 17.9. The van der Waals surface area contributed by atoms with E-state index in [2.05, 4.69) is 130 Å². The Labute approximate surface area is 406 Å². The Bertz CT molecular complexity index is 1370. The van der Waals surface area contributed by atoms with E-state index in [0.717, 1.165) is 135 Å². The van der Waals surface area contributed by atoms with Gasteiger partial charge in [-0.05, 0) is 122 Å². The van der Waals surface area contributed by atoms with Crippen molar-refractivity contribution in [1.29, 1.82) is 0 Å². The molecule has 0 aliphatic rings. The van der Waals surface area contributed by atoms with Crippen LogP contribution in [0.2, 0.25) is 0 Å². The smallest absolute Gasteiger partial charge is 0.306 e. The highest BCUT2D eigenvalue weighted by molar-refractivity contribution is 5.71. The van der Waals surface area contributed by atoms with Crippen molar-refractivity contribution in [1.82, 2.24) is 0 Å². The Balaban J connectivity index is 4.50. The molecule has 374 valence electrons. The van der Waals surface area contributed by atoms with Crippen LogP contribution in [0, 0.1) is 0 Å². The molecule has 1 unspecified atom stereocenters. The molecule has 1 atom stereocenters. The van der Waals surface area contributed by atoms with Gasteiger partial charge in [-0.2, -0.15) is 0 Å². The molecule has 0 bridgehead atoms. The number of hydrogen-bond acceptors (Lipinski definition) is 6. The largest absolute Gasteiger partial charge is 0.462 e. The maximum atomic E-state index is 12.8. The topological polar surface area (TPSA) is 78.9 Å². The quantitative estimate of drug-likeness (QED) is 0.0262. The molecule has 6 nitrogen and oxygen atoms in total. The summed E-state index contributed by atoms with van der Waals surface area (Å²) in [4.78, 5) is 38.1. The first-order valence-electron chi connectivity index (χ1n) is 26.9. The number of esters is 3. The van der Waals surface area contributed by atoms with Crippen LogP contribution in [0.3, 0.4) is 0 Å². The van der Waals surface area contributed by atoms with Crippen LogP contribution in [-0.2, 0) is 28.6 Å². The van der Waals surface area contributed by atoms with Crippen LogP contribution in [0.25, 0.3) is 0 Å². The zero-order valence-electron chi connectivity index (χ0n) is 42.7. The standard InChI is InChI=1S/C60H98O6/c1-4-7-10-13-16-19-22-25-28-30-33-35-38-41-44-47-50-53-59(62)65-56-57(55-64-58(61)52-49-46-43-40-37-34-31-27-24-21-18-15-12-9-6-3)66-60(63)54-51-48-45-42-39-36-32-29-26-23-20-17-14-11-8-5-2/h7,9-10,12,16,18-21,23,25,27-29,31-32,37,40,57H,4-6,8,11,13-15,17,22,24,26,30,33-36,38-39,41-56H2,1-3H3/b10-7-,12-9-,19-16-,21-18-,23-20-,28-25-,31-27-,32-29-,40-37-. The van der Waals surface area contributed by atoms with Gasteiger partial charge in [-0.15, -0.1) is 0 Å². The number of hydrogen-bond donors (Lipinski definition) is 0. The van der Waals surface area contributed by atoms with Crippen molar-refractivity contribution in [2.75, 3.05) is 13.2 Å². The van der Waals surface area contributed by atoms with Gasteiger partial charge in [0.15, 0.2) is 6.10 Å². The van der Waals surface area contributed by atoms with Crippen molar-refractivity contribution in [3.63, 3.8) is 0 Å². The number of carbonyl (C=O) groups excluding carboxylic acids is 3. The molecule has 0 aromatic heterocycles. The van der Waals surface area contributed by atoms with Crippen molar-refractivity contribution in [2.45, 2.75) is 239 Å². The first-order valence-corrected chi connectivity index (χ1v) is 26.9. The zero-order valence-corrected chi connectivity index (χ0v) is 42.7. The SMILES string of the molecule is CC/C=C\C/C=C\C/C=C\C/C=C\CCCCC(=O)OCC(COC(=O)CCCCCCCCC/C=C\C/C=C\C/C=C\CC)OC(=O)CCCCCCC/C=C\C/C=C\CCCCCC. The summed E-state index contributed by atoms with van der Waals surface area (Å²) in [6, 6.07) is 0. The molecular formula is C60H98O6. The Kier molecular flexibility index (Phi) is 50.5. The third kappa shape index (κ3) is 51.1. The third-order valence-electron chi connectivity index (χ3n) is 11.0. The molecule has 6 heteroatoms. The van der Waals surface area contributed by atoms with E-state index in [4.69, 9.17) is 14.2 Å². The van der Waals surface area contributed by atoms with Crippen molar-refractivity contribution in [2.24, 2.45) is 0 Å². The van der Waals surface area contributed by atoms with Crippen LogP contribution in [0.5, 0.6) is 0 Å². The Morgan fingerprint density at radius 1 is 0.318 bits per heavy atom. The summed E-state index contributed by atoms with van der Waals surface area (Å²) in [6.07, 6.45) is 72.1. The maximum Gasteiger partial charge on any atom is 0.306 e. The van der Waals surface area contributed by atoms with Crippen molar-refractivity contribution in [3.05, 3.63) is 109 Å². The van der Waals surface area contributed by atoms with E-state index in [-0.39, 0.29) is 31.1 Å². The summed E-state index contributed by atoms with van der Waals surface area (Å²) in [6.45, 7) is 6.33. The van der Waals surface area contributed by atoms with Crippen LogP contribution < -0.4 is 0 Å². The van der Waals surface area contributed by atoms with Crippen molar-refractivity contribution >= 4 is 17.9 Å². The summed E-state index contributed by atoms with van der Waals surface area (Å²) in [7, 11) is 0. The summed E-state index contributed by atoms with van der Waals surface area (Å²) in [5, 5.41) is 0. The molecule has 0 aliphatic carbocycles. The Morgan fingerprint density at radius 2 is 0.591 bits per heavy atom. The van der Waals surface area contributed by atoms with E-state index in [1.807, 2.05) is 0 Å². The van der Waals surface area contributed by atoms with Crippen LogP contribution in [-0.4, -0.2) is 37.2 Å². The van der Waals surface area contributed by atoms with Gasteiger partial charge in [0.25, 0.3) is 0 Å². The lowest BCUT2D eigenvalue weighted by Gasteiger charge is -2.18. The van der Waals surface area contributed by atoms with Gasteiger partial charge in [-0.25, -0.2) is 0 Å². The average molecular weight is 915 g/mol. The first-order chi connectivity index (χ1) is 32.5. The first kappa shape index (κ1) is 62.1. The molecule has 0 fully saturated rings. The van der Waals surface area contributed by atoms with Gasteiger partial charge in [-0.1, -0.05) is 201 Å². The van der Waals surface area contributed by atoms with Crippen molar-refractivity contribution < 1.29 is 28.6 Å². The van der Waals surface area contributed by atoms with Crippen LogP contribution >= 0.6 is 0 Å². The second-order valence-corrected chi connectivity index (χ2v) is 17.4. The molecule has 0 saturated heterocycles. The van der Waals surface area contributed by atoms with Gasteiger partial charge in [0.05, 0.1) is 0 Å². The lowest BCUT2D eigenvalue weighted by molar-refractivity contribution is -0.167. The second kappa shape index (κ2) is 53.7. The highest BCUT2D eigenvalue weighted by Crippen LogP contribution is 2.13. The van der Waals surface area contributed by atoms with E-state index in [1.165, 1.54) is 57.8 Å². The Morgan fingerprint density at radius 3 is 0.955 bits per heavy atom. The molecule has 0 aromatic carbocycles. The molecule has 0 heterocycles. The molecular weight excluding hydrogens is 817 g/mol. The van der Waals surface area contributed by atoms with E-state index in [0.29, 0.717) is 19.3 Å². The van der Waals surface area contributed by atoms with Crippen LogP contribution in [0.15, 0.2) is 109 Å². The maximum absolute atomic E-state index is 12.8. The highest BCUT2D eigenvalue weighted by atomic mass is 16.6. The van der Waals surface area contributed by atoms with Crippen LogP contribution in [0.4, 0.5) is 0 Å². The number of unbranched alkanes of at least 4 members (excludes halogenated alkanes) is 18. The minimum absolute atomic E-state index is 0.104. The van der Waals surface area contributed by atoms with Gasteiger partial charge in [0.2, 0.25) is 0 Å². The Hall–Kier alpha value is -3.93. The molecule has 0 radical (unpaired) electrons. The second-order valence-electron chi connectivity index (χ2n) is 17.4. The average Bonchev–Trinajstić information content (AvgIpc) is 3.31. The molecule has 0 N–H and O–H groups in total. The number of ether oxygens (including phenoxy) is 3. The van der Waals surface area contributed by atoms with Gasteiger partial charge in [0, 0.05) is 19.3 Å². The number of carbonyl (C=O) groups is 3. The minimum Gasteiger partial charge on any atom is -0.462 e. The zero-order chi connectivity index (χ0) is 47.9. The van der Waals surface area contributed by atoms with E-state index in [9.17, 15) is 14.4 Å².